The highest BCUT2D eigenvalue weighted by Gasteiger charge is 2.29. The van der Waals surface area contributed by atoms with Crippen molar-refractivity contribution in [3.05, 3.63) is 65.4 Å². The lowest BCUT2D eigenvalue weighted by Crippen LogP contribution is -2.04. The van der Waals surface area contributed by atoms with Gasteiger partial charge in [-0.1, -0.05) is 30.3 Å². The van der Waals surface area contributed by atoms with Crippen LogP contribution in [0.4, 0.5) is 13.2 Å². The van der Waals surface area contributed by atoms with Gasteiger partial charge in [-0.3, -0.25) is 5.10 Å². The summed E-state index contributed by atoms with van der Waals surface area (Å²) < 4.78 is 37.5. The summed E-state index contributed by atoms with van der Waals surface area (Å²) in [5.74, 6) is 0. The molecule has 0 fully saturated rings. The van der Waals surface area contributed by atoms with E-state index in [1.54, 1.807) is 0 Å². The number of aromatic amines is 1. The van der Waals surface area contributed by atoms with Gasteiger partial charge in [0.15, 0.2) is 0 Å². The second kappa shape index (κ2) is 4.67. The van der Waals surface area contributed by atoms with Gasteiger partial charge in [0.05, 0.1) is 11.1 Å². The molecule has 102 valence electrons. The van der Waals surface area contributed by atoms with E-state index in [2.05, 4.69) is 10.2 Å². The van der Waals surface area contributed by atoms with E-state index in [0.717, 1.165) is 34.3 Å². The molecule has 5 heteroatoms. The second-order valence-electron chi connectivity index (χ2n) is 4.59. The molecule has 0 spiro atoms. The van der Waals surface area contributed by atoms with Crippen LogP contribution in [0.25, 0.3) is 10.9 Å². The van der Waals surface area contributed by atoms with Crippen LogP contribution >= 0.6 is 0 Å². The average molecular weight is 276 g/mol. The van der Waals surface area contributed by atoms with Crippen LogP contribution in [0.15, 0.2) is 48.5 Å². The summed E-state index contributed by atoms with van der Waals surface area (Å²) in [6, 6.07) is 12.8. The zero-order valence-corrected chi connectivity index (χ0v) is 10.4. The van der Waals surface area contributed by atoms with Gasteiger partial charge in [-0.05, 0) is 23.8 Å². The standard InChI is InChI=1S/C15H11F3N2/c16-15(17,18)11-7-5-10(6-8-11)9-14-12-3-1-2-4-13(12)19-20-14/h1-8H,9H2,(H,19,20). The number of H-pyrrole nitrogens is 1. The molecule has 1 heterocycles. The fourth-order valence-corrected chi connectivity index (χ4v) is 2.16. The number of hydrogen-bond donors (Lipinski definition) is 1. The molecule has 0 saturated heterocycles. The van der Waals surface area contributed by atoms with Crippen molar-refractivity contribution in [3.63, 3.8) is 0 Å². The van der Waals surface area contributed by atoms with Crippen molar-refractivity contribution >= 4 is 10.9 Å². The van der Waals surface area contributed by atoms with Crippen molar-refractivity contribution in [3.8, 4) is 0 Å². The van der Waals surface area contributed by atoms with Gasteiger partial charge >= 0.3 is 6.18 Å². The Morgan fingerprint density at radius 1 is 0.950 bits per heavy atom. The van der Waals surface area contributed by atoms with Gasteiger partial charge in [-0.2, -0.15) is 18.3 Å². The van der Waals surface area contributed by atoms with Gasteiger partial charge < -0.3 is 0 Å². The van der Waals surface area contributed by atoms with Crippen molar-refractivity contribution in [2.75, 3.05) is 0 Å². The molecule has 0 radical (unpaired) electrons. The van der Waals surface area contributed by atoms with E-state index in [-0.39, 0.29) is 0 Å². The van der Waals surface area contributed by atoms with Gasteiger partial charge in [0.25, 0.3) is 0 Å². The first-order chi connectivity index (χ1) is 9.54. The van der Waals surface area contributed by atoms with Crippen molar-refractivity contribution in [2.45, 2.75) is 12.6 Å². The first-order valence-corrected chi connectivity index (χ1v) is 6.12. The Labute approximate surface area is 113 Å². The average Bonchev–Trinajstić information content (AvgIpc) is 2.82. The summed E-state index contributed by atoms with van der Waals surface area (Å²) in [6.45, 7) is 0. The maximum Gasteiger partial charge on any atom is 0.416 e. The van der Waals surface area contributed by atoms with Crippen LogP contribution in [-0.4, -0.2) is 10.2 Å². The lowest BCUT2D eigenvalue weighted by molar-refractivity contribution is -0.137. The first-order valence-electron chi connectivity index (χ1n) is 6.12. The maximum atomic E-state index is 12.5. The molecule has 0 aliphatic rings. The second-order valence-corrected chi connectivity index (χ2v) is 4.59. The molecule has 0 aliphatic carbocycles. The number of para-hydroxylation sites is 1. The third kappa shape index (κ3) is 2.39. The van der Waals surface area contributed by atoms with Gasteiger partial charge in [0.2, 0.25) is 0 Å². The number of nitrogens with zero attached hydrogens (tertiary/aromatic N) is 1. The van der Waals surface area contributed by atoms with Crippen molar-refractivity contribution in [1.29, 1.82) is 0 Å². The van der Waals surface area contributed by atoms with Crippen LogP contribution in [0.3, 0.4) is 0 Å². The molecule has 1 aromatic heterocycles. The Bertz CT molecular complexity index is 727. The van der Waals surface area contributed by atoms with Crippen LogP contribution in [0.1, 0.15) is 16.8 Å². The molecule has 0 aliphatic heterocycles. The monoisotopic (exact) mass is 276 g/mol. The quantitative estimate of drug-likeness (QED) is 0.747. The van der Waals surface area contributed by atoms with Crippen molar-refractivity contribution in [1.82, 2.24) is 10.2 Å². The van der Waals surface area contributed by atoms with Crippen LogP contribution in [0, 0.1) is 0 Å². The number of benzene rings is 2. The van der Waals surface area contributed by atoms with Gasteiger partial charge in [-0.25, -0.2) is 0 Å². The molecule has 2 aromatic carbocycles. The van der Waals surface area contributed by atoms with Crippen LogP contribution in [0.2, 0.25) is 0 Å². The Morgan fingerprint density at radius 2 is 1.65 bits per heavy atom. The minimum absolute atomic E-state index is 0.526. The fourth-order valence-electron chi connectivity index (χ4n) is 2.16. The predicted octanol–water partition coefficient (Wildman–Crippen LogP) is 4.17. The lowest BCUT2D eigenvalue weighted by atomic mass is 10.0. The van der Waals surface area contributed by atoms with Gasteiger partial charge in [0, 0.05) is 17.5 Å². The Morgan fingerprint density at radius 3 is 2.35 bits per heavy atom. The molecule has 3 rings (SSSR count). The summed E-state index contributed by atoms with van der Waals surface area (Å²) in [5.41, 5.74) is 1.94. The molecule has 3 aromatic rings. The Hall–Kier alpha value is -2.30. The molecule has 0 saturated carbocycles. The number of alkyl halides is 3. The highest BCUT2D eigenvalue weighted by molar-refractivity contribution is 5.81. The normalized spacial score (nSPS) is 11.9. The van der Waals surface area contributed by atoms with E-state index < -0.39 is 11.7 Å². The summed E-state index contributed by atoms with van der Waals surface area (Å²) >= 11 is 0. The molecule has 0 unspecified atom stereocenters. The van der Waals surface area contributed by atoms with Gasteiger partial charge in [-0.15, -0.1) is 0 Å². The Balaban J connectivity index is 1.88. The zero-order valence-electron chi connectivity index (χ0n) is 10.4. The third-order valence-electron chi connectivity index (χ3n) is 3.20. The molecule has 1 N–H and O–H groups in total. The lowest BCUT2D eigenvalue weighted by Gasteiger charge is -2.07. The maximum absolute atomic E-state index is 12.5. The van der Waals surface area contributed by atoms with E-state index in [0.29, 0.717) is 6.42 Å². The molecular formula is C15H11F3N2. The number of halogens is 3. The van der Waals surface area contributed by atoms with Crippen LogP contribution in [0.5, 0.6) is 0 Å². The number of fused-ring (bicyclic) bond motifs is 1. The minimum Gasteiger partial charge on any atom is -0.281 e. The SMILES string of the molecule is FC(F)(F)c1ccc(Cc2[nH]nc3ccccc23)cc1. The number of rotatable bonds is 2. The molecule has 0 bridgehead atoms. The molecule has 0 atom stereocenters. The number of nitrogens with one attached hydrogen (secondary N) is 1. The number of aromatic nitrogens is 2. The van der Waals surface area contributed by atoms with E-state index in [9.17, 15) is 13.2 Å². The van der Waals surface area contributed by atoms with E-state index in [1.807, 2.05) is 24.3 Å². The summed E-state index contributed by atoms with van der Waals surface area (Å²) in [7, 11) is 0. The van der Waals surface area contributed by atoms with Crippen molar-refractivity contribution < 1.29 is 13.2 Å². The Kier molecular flexibility index (Phi) is 2.97. The predicted molar refractivity (Wildman–Crippen MR) is 70.3 cm³/mol. The highest BCUT2D eigenvalue weighted by Crippen LogP contribution is 2.29. The molecule has 2 nitrogen and oxygen atoms in total. The van der Waals surface area contributed by atoms with Crippen LogP contribution in [-0.2, 0) is 12.6 Å². The highest BCUT2D eigenvalue weighted by atomic mass is 19.4. The van der Waals surface area contributed by atoms with Crippen molar-refractivity contribution in [2.24, 2.45) is 0 Å². The molecule has 20 heavy (non-hydrogen) atoms. The topological polar surface area (TPSA) is 28.7 Å². The summed E-state index contributed by atoms with van der Waals surface area (Å²) in [4.78, 5) is 0. The fraction of sp³-hybridized carbons (Fsp3) is 0.133. The third-order valence-corrected chi connectivity index (χ3v) is 3.20. The van der Waals surface area contributed by atoms with E-state index >= 15 is 0 Å². The summed E-state index contributed by atoms with van der Waals surface area (Å²) in [5, 5.41) is 8.09. The molecule has 0 amide bonds. The minimum atomic E-state index is -4.29. The van der Waals surface area contributed by atoms with E-state index in [1.165, 1.54) is 12.1 Å². The summed E-state index contributed by atoms with van der Waals surface area (Å²) in [6.07, 6.45) is -3.77. The number of hydrogen-bond acceptors (Lipinski definition) is 1. The van der Waals surface area contributed by atoms with Crippen LogP contribution < -0.4 is 0 Å². The smallest absolute Gasteiger partial charge is 0.281 e. The zero-order chi connectivity index (χ0) is 14.2. The van der Waals surface area contributed by atoms with E-state index in [4.69, 9.17) is 0 Å². The first kappa shape index (κ1) is 12.7. The largest absolute Gasteiger partial charge is 0.416 e. The van der Waals surface area contributed by atoms with Gasteiger partial charge in [0.1, 0.15) is 0 Å². The molecular weight excluding hydrogens is 265 g/mol.